The maximum absolute atomic E-state index is 12.0. The first-order valence-corrected chi connectivity index (χ1v) is 7.44. The van der Waals surface area contributed by atoms with Crippen molar-refractivity contribution in [1.82, 2.24) is 5.32 Å². The second-order valence-corrected chi connectivity index (χ2v) is 5.41. The van der Waals surface area contributed by atoms with Gasteiger partial charge in [-0.25, -0.2) is 4.79 Å². The van der Waals surface area contributed by atoms with E-state index in [4.69, 9.17) is 4.74 Å². The molecule has 0 aromatic heterocycles. The Labute approximate surface area is 136 Å². The lowest BCUT2D eigenvalue weighted by Gasteiger charge is -2.16. The highest BCUT2D eigenvalue weighted by Crippen LogP contribution is 2.25. The molecule has 2 rings (SSSR count). The van der Waals surface area contributed by atoms with Gasteiger partial charge in [-0.2, -0.15) is 0 Å². The summed E-state index contributed by atoms with van der Waals surface area (Å²) in [4.78, 5) is 12.0. The molecule has 0 aliphatic carbocycles. The van der Waals surface area contributed by atoms with Crippen LogP contribution >= 0.6 is 0 Å². The van der Waals surface area contributed by atoms with Crippen LogP contribution in [0.4, 0.5) is 10.5 Å². The standard InChI is InChI=1S/C18H22N2O3/c1-12-8-9-17(23-3)15(10-12)20-18(22)19-11-16(21)14-7-5-4-6-13(14)2/h4-10,16,21H,11H2,1-3H3,(H2,19,20,22). The van der Waals surface area contributed by atoms with Gasteiger partial charge in [-0.3, -0.25) is 0 Å². The molecular weight excluding hydrogens is 292 g/mol. The smallest absolute Gasteiger partial charge is 0.319 e. The maximum Gasteiger partial charge on any atom is 0.319 e. The zero-order valence-electron chi connectivity index (χ0n) is 13.6. The molecule has 0 heterocycles. The van der Waals surface area contributed by atoms with Gasteiger partial charge in [0.25, 0.3) is 0 Å². The molecule has 2 aromatic rings. The Kier molecular flexibility index (Phi) is 5.60. The first kappa shape index (κ1) is 16.8. The van der Waals surface area contributed by atoms with Crippen LogP contribution in [0.5, 0.6) is 5.75 Å². The fourth-order valence-electron chi connectivity index (χ4n) is 2.35. The number of methoxy groups -OCH3 is 1. The SMILES string of the molecule is COc1ccc(C)cc1NC(=O)NCC(O)c1ccccc1C. The number of nitrogens with one attached hydrogen (secondary N) is 2. The van der Waals surface area contributed by atoms with E-state index < -0.39 is 6.10 Å². The van der Waals surface area contributed by atoms with Gasteiger partial charge < -0.3 is 20.5 Å². The predicted molar refractivity (Wildman–Crippen MR) is 90.9 cm³/mol. The molecule has 0 bridgehead atoms. The number of carbonyl (C=O) groups excluding carboxylic acids is 1. The van der Waals surface area contributed by atoms with E-state index in [2.05, 4.69) is 10.6 Å². The number of anilines is 1. The Hall–Kier alpha value is -2.53. The van der Waals surface area contributed by atoms with E-state index in [0.717, 1.165) is 16.7 Å². The van der Waals surface area contributed by atoms with Crippen LogP contribution < -0.4 is 15.4 Å². The average Bonchev–Trinajstić information content (AvgIpc) is 2.53. The zero-order valence-corrected chi connectivity index (χ0v) is 13.6. The van der Waals surface area contributed by atoms with Gasteiger partial charge in [0.1, 0.15) is 5.75 Å². The normalized spacial score (nSPS) is 11.7. The lowest BCUT2D eigenvalue weighted by atomic mass is 10.0. The lowest BCUT2D eigenvalue weighted by Crippen LogP contribution is -2.32. The van der Waals surface area contributed by atoms with E-state index in [1.54, 1.807) is 13.2 Å². The molecule has 0 spiro atoms. The summed E-state index contributed by atoms with van der Waals surface area (Å²) in [5, 5.41) is 15.6. The lowest BCUT2D eigenvalue weighted by molar-refractivity contribution is 0.174. The van der Waals surface area contributed by atoms with Crippen molar-refractivity contribution in [3.8, 4) is 5.75 Å². The molecule has 5 nitrogen and oxygen atoms in total. The number of aryl methyl sites for hydroxylation is 2. The Morgan fingerprint density at radius 1 is 1.22 bits per heavy atom. The summed E-state index contributed by atoms with van der Waals surface area (Å²) in [5.74, 6) is 0.588. The molecule has 3 N–H and O–H groups in total. The van der Waals surface area contributed by atoms with Crippen molar-refractivity contribution in [3.05, 3.63) is 59.2 Å². The van der Waals surface area contributed by atoms with Gasteiger partial charge in [-0.05, 0) is 42.7 Å². The number of hydrogen-bond acceptors (Lipinski definition) is 3. The fraction of sp³-hybridized carbons (Fsp3) is 0.278. The molecule has 0 saturated carbocycles. The number of carbonyl (C=O) groups is 1. The first-order valence-electron chi connectivity index (χ1n) is 7.44. The number of ether oxygens (including phenoxy) is 1. The molecule has 0 radical (unpaired) electrons. The van der Waals surface area contributed by atoms with Gasteiger partial charge in [0.05, 0.1) is 18.9 Å². The van der Waals surface area contributed by atoms with Gasteiger partial charge in [-0.1, -0.05) is 30.3 Å². The van der Waals surface area contributed by atoms with Crippen LogP contribution in [0.15, 0.2) is 42.5 Å². The largest absolute Gasteiger partial charge is 0.495 e. The predicted octanol–water partition coefficient (Wildman–Crippen LogP) is 3.17. The highest BCUT2D eigenvalue weighted by molar-refractivity contribution is 5.91. The molecule has 1 atom stereocenters. The average molecular weight is 314 g/mol. The van der Waals surface area contributed by atoms with E-state index in [1.807, 2.05) is 50.2 Å². The molecule has 1 unspecified atom stereocenters. The first-order chi connectivity index (χ1) is 11.0. The Balaban J connectivity index is 1.95. The summed E-state index contributed by atoms with van der Waals surface area (Å²) < 4.78 is 5.22. The molecule has 0 fully saturated rings. The number of rotatable bonds is 5. The third-order valence-electron chi connectivity index (χ3n) is 3.61. The number of hydrogen-bond donors (Lipinski definition) is 3. The van der Waals surface area contributed by atoms with Crippen molar-refractivity contribution in [3.63, 3.8) is 0 Å². The van der Waals surface area contributed by atoms with E-state index in [0.29, 0.717) is 11.4 Å². The zero-order chi connectivity index (χ0) is 16.8. The van der Waals surface area contributed by atoms with Crippen molar-refractivity contribution in [1.29, 1.82) is 0 Å². The Morgan fingerprint density at radius 2 is 1.96 bits per heavy atom. The van der Waals surface area contributed by atoms with Crippen molar-refractivity contribution in [2.45, 2.75) is 20.0 Å². The van der Waals surface area contributed by atoms with Gasteiger partial charge in [0, 0.05) is 6.54 Å². The molecule has 122 valence electrons. The van der Waals surface area contributed by atoms with Crippen LogP contribution in [-0.4, -0.2) is 24.8 Å². The molecule has 0 saturated heterocycles. The third kappa shape index (κ3) is 4.47. The molecule has 5 heteroatoms. The van der Waals surface area contributed by atoms with Gasteiger partial charge in [-0.15, -0.1) is 0 Å². The summed E-state index contributed by atoms with van der Waals surface area (Å²) in [7, 11) is 1.55. The van der Waals surface area contributed by atoms with E-state index in [1.165, 1.54) is 0 Å². The summed E-state index contributed by atoms with van der Waals surface area (Å²) in [6, 6.07) is 12.7. The summed E-state index contributed by atoms with van der Waals surface area (Å²) >= 11 is 0. The maximum atomic E-state index is 12.0. The Bertz CT molecular complexity index is 686. The number of benzene rings is 2. The summed E-state index contributed by atoms with van der Waals surface area (Å²) in [6.07, 6.45) is -0.749. The van der Waals surface area contributed by atoms with Crippen LogP contribution in [-0.2, 0) is 0 Å². The number of amides is 2. The van der Waals surface area contributed by atoms with Gasteiger partial charge in [0.15, 0.2) is 0 Å². The van der Waals surface area contributed by atoms with Crippen molar-refractivity contribution in [2.24, 2.45) is 0 Å². The molecule has 2 aromatic carbocycles. The minimum Gasteiger partial charge on any atom is -0.495 e. The minimum atomic E-state index is -0.749. The molecule has 0 aliphatic heterocycles. The molecular formula is C18H22N2O3. The Morgan fingerprint density at radius 3 is 2.65 bits per heavy atom. The van der Waals surface area contributed by atoms with Crippen molar-refractivity contribution < 1.29 is 14.6 Å². The molecule has 0 aliphatic rings. The van der Waals surface area contributed by atoms with Gasteiger partial charge >= 0.3 is 6.03 Å². The second kappa shape index (κ2) is 7.65. The summed E-state index contributed by atoms with van der Waals surface area (Å²) in [5.41, 5.74) is 3.40. The fourth-order valence-corrected chi connectivity index (χ4v) is 2.35. The highest BCUT2D eigenvalue weighted by atomic mass is 16.5. The second-order valence-electron chi connectivity index (χ2n) is 5.41. The van der Waals surface area contributed by atoms with Crippen LogP contribution in [0.3, 0.4) is 0 Å². The third-order valence-corrected chi connectivity index (χ3v) is 3.61. The molecule has 23 heavy (non-hydrogen) atoms. The van der Waals surface area contributed by atoms with Crippen molar-refractivity contribution >= 4 is 11.7 Å². The van der Waals surface area contributed by atoms with Crippen LogP contribution in [0, 0.1) is 13.8 Å². The van der Waals surface area contributed by atoms with E-state index >= 15 is 0 Å². The van der Waals surface area contributed by atoms with Gasteiger partial charge in [0.2, 0.25) is 0 Å². The minimum absolute atomic E-state index is 0.130. The topological polar surface area (TPSA) is 70.6 Å². The highest BCUT2D eigenvalue weighted by Gasteiger charge is 2.12. The van der Waals surface area contributed by atoms with E-state index in [9.17, 15) is 9.90 Å². The van der Waals surface area contributed by atoms with Crippen LogP contribution in [0.1, 0.15) is 22.8 Å². The molecule has 2 amide bonds. The monoisotopic (exact) mass is 314 g/mol. The van der Waals surface area contributed by atoms with Crippen molar-refractivity contribution in [2.75, 3.05) is 19.0 Å². The number of urea groups is 1. The summed E-state index contributed by atoms with van der Waals surface area (Å²) in [6.45, 7) is 3.99. The van der Waals surface area contributed by atoms with E-state index in [-0.39, 0.29) is 12.6 Å². The number of aliphatic hydroxyl groups is 1. The van der Waals surface area contributed by atoms with Crippen LogP contribution in [0.2, 0.25) is 0 Å². The quantitative estimate of drug-likeness (QED) is 0.794. The number of aliphatic hydroxyl groups excluding tert-OH is 1. The van der Waals surface area contributed by atoms with Crippen LogP contribution in [0.25, 0.3) is 0 Å².